The van der Waals surface area contributed by atoms with Crippen LogP contribution in [0.1, 0.15) is 31.2 Å². The molecule has 0 aromatic heterocycles. The van der Waals surface area contributed by atoms with Crippen molar-refractivity contribution < 1.29 is 0 Å². The lowest BCUT2D eigenvalue weighted by Gasteiger charge is -2.27. The van der Waals surface area contributed by atoms with Gasteiger partial charge in [0.05, 0.1) is 12.0 Å². The van der Waals surface area contributed by atoms with Crippen LogP contribution in [0.3, 0.4) is 0 Å². The van der Waals surface area contributed by atoms with E-state index in [4.69, 9.17) is 0 Å². The number of para-hydroxylation sites is 1. The van der Waals surface area contributed by atoms with Crippen LogP contribution in [0.15, 0.2) is 60.7 Å². The Labute approximate surface area is 127 Å². The molecule has 0 aliphatic carbocycles. The smallest absolute Gasteiger partial charge is 0.0887 e. The Balaban J connectivity index is 2.16. The minimum absolute atomic E-state index is 0.0942. The van der Waals surface area contributed by atoms with Gasteiger partial charge in [-0.1, -0.05) is 61.9 Å². The minimum Gasteiger partial charge on any atom is -0.370 e. The number of hydrogen-bond donors (Lipinski definition) is 0. The van der Waals surface area contributed by atoms with E-state index in [1.165, 1.54) is 5.69 Å². The summed E-state index contributed by atoms with van der Waals surface area (Å²) in [5, 5.41) is 9.52. The molecule has 1 atom stereocenters. The van der Waals surface area contributed by atoms with Crippen molar-refractivity contribution in [2.24, 2.45) is 0 Å². The maximum atomic E-state index is 9.52. The Hall–Kier alpha value is -2.27. The van der Waals surface area contributed by atoms with Gasteiger partial charge in [-0.3, -0.25) is 0 Å². The maximum absolute atomic E-state index is 9.52. The van der Waals surface area contributed by atoms with E-state index < -0.39 is 0 Å². The molecule has 0 aliphatic heterocycles. The highest BCUT2D eigenvalue weighted by Gasteiger charge is 2.15. The Morgan fingerprint density at radius 3 is 2.19 bits per heavy atom. The topological polar surface area (TPSA) is 27.0 Å². The van der Waals surface area contributed by atoms with Gasteiger partial charge in [-0.05, 0) is 24.1 Å². The quantitative estimate of drug-likeness (QED) is 0.740. The molecular weight excluding hydrogens is 256 g/mol. The molecule has 2 heteroatoms. The van der Waals surface area contributed by atoms with Gasteiger partial charge >= 0.3 is 0 Å². The first-order valence-electron chi connectivity index (χ1n) is 7.59. The fourth-order valence-corrected chi connectivity index (χ4v) is 2.44. The highest BCUT2D eigenvalue weighted by molar-refractivity contribution is 5.47. The molecule has 1 unspecified atom stereocenters. The molecule has 0 N–H and O–H groups in total. The number of unbranched alkanes of at least 4 members (excludes halogenated alkanes) is 1. The van der Waals surface area contributed by atoms with Crippen molar-refractivity contribution in [2.75, 3.05) is 18.0 Å². The number of rotatable bonds is 7. The molecule has 0 spiro atoms. The normalized spacial score (nSPS) is 11.6. The zero-order valence-electron chi connectivity index (χ0n) is 12.6. The van der Waals surface area contributed by atoms with E-state index in [9.17, 15) is 5.26 Å². The molecule has 21 heavy (non-hydrogen) atoms. The van der Waals surface area contributed by atoms with Gasteiger partial charge in [0.25, 0.3) is 0 Å². The lowest BCUT2D eigenvalue weighted by molar-refractivity contribution is 0.688. The summed E-state index contributed by atoms with van der Waals surface area (Å²) in [6.07, 6.45) is 2.30. The van der Waals surface area contributed by atoms with E-state index in [0.717, 1.165) is 31.5 Å². The van der Waals surface area contributed by atoms with E-state index >= 15 is 0 Å². The van der Waals surface area contributed by atoms with Crippen LogP contribution in [0, 0.1) is 11.3 Å². The first-order chi connectivity index (χ1) is 10.3. The Bertz CT molecular complexity index is 557. The molecule has 0 heterocycles. The van der Waals surface area contributed by atoms with Gasteiger partial charge in [0, 0.05) is 18.8 Å². The molecule has 0 saturated carbocycles. The van der Waals surface area contributed by atoms with Gasteiger partial charge in [0.15, 0.2) is 0 Å². The molecule has 0 fully saturated rings. The summed E-state index contributed by atoms with van der Waals surface area (Å²) in [7, 11) is 0. The number of hydrogen-bond acceptors (Lipinski definition) is 2. The molecule has 0 bridgehead atoms. The van der Waals surface area contributed by atoms with E-state index in [1.807, 2.05) is 36.4 Å². The second-order valence-electron chi connectivity index (χ2n) is 5.23. The molecule has 2 rings (SSSR count). The summed E-state index contributed by atoms with van der Waals surface area (Å²) in [5.41, 5.74) is 2.29. The summed E-state index contributed by atoms with van der Waals surface area (Å²) in [5.74, 6) is -0.0942. The van der Waals surface area contributed by atoms with E-state index in [2.05, 4.69) is 42.2 Å². The third kappa shape index (κ3) is 4.36. The van der Waals surface area contributed by atoms with Crippen molar-refractivity contribution in [3.05, 3.63) is 66.2 Å². The number of benzene rings is 2. The van der Waals surface area contributed by atoms with Gasteiger partial charge in [-0.2, -0.15) is 5.26 Å². The van der Waals surface area contributed by atoms with Crippen molar-refractivity contribution in [1.29, 1.82) is 5.26 Å². The standard InChI is InChI=1S/C19H22N2/c1-2-3-14-21(19-12-8-5-9-13-19)16-18(15-20)17-10-6-4-7-11-17/h4-13,18H,2-3,14,16H2,1H3. The molecule has 0 radical (unpaired) electrons. The van der Waals surface area contributed by atoms with Crippen molar-refractivity contribution in [3.63, 3.8) is 0 Å². The summed E-state index contributed by atoms with van der Waals surface area (Å²) < 4.78 is 0. The Morgan fingerprint density at radius 1 is 1.00 bits per heavy atom. The summed E-state index contributed by atoms with van der Waals surface area (Å²) in [6, 6.07) is 22.9. The van der Waals surface area contributed by atoms with Gasteiger partial charge in [-0.15, -0.1) is 0 Å². The van der Waals surface area contributed by atoms with Gasteiger partial charge in [-0.25, -0.2) is 0 Å². The lowest BCUT2D eigenvalue weighted by Crippen LogP contribution is -2.29. The fraction of sp³-hybridized carbons (Fsp3) is 0.316. The highest BCUT2D eigenvalue weighted by atomic mass is 15.1. The summed E-state index contributed by atoms with van der Waals surface area (Å²) in [6.45, 7) is 3.93. The molecule has 0 aliphatic rings. The Morgan fingerprint density at radius 2 is 1.62 bits per heavy atom. The van der Waals surface area contributed by atoms with Crippen LogP contribution in [0.4, 0.5) is 5.69 Å². The molecule has 2 aromatic rings. The molecule has 0 saturated heterocycles. The van der Waals surface area contributed by atoms with Crippen LogP contribution >= 0.6 is 0 Å². The van der Waals surface area contributed by atoms with Gasteiger partial charge in [0.1, 0.15) is 0 Å². The maximum Gasteiger partial charge on any atom is 0.0887 e. The zero-order chi connectivity index (χ0) is 14.9. The van der Waals surface area contributed by atoms with Crippen molar-refractivity contribution in [2.45, 2.75) is 25.7 Å². The monoisotopic (exact) mass is 278 g/mol. The average molecular weight is 278 g/mol. The lowest BCUT2D eigenvalue weighted by atomic mass is 9.99. The molecule has 108 valence electrons. The van der Waals surface area contributed by atoms with Crippen LogP contribution in [0.2, 0.25) is 0 Å². The minimum atomic E-state index is -0.0942. The van der Waals surface area contributed by atoms with Crippen LogP contribution in [-0.4, -0.2) is 13.1 Å². The highest BCUT2D eigenvalue weighted by Crippen LogP contribution is 2.21. The number of nitrogens with zero attached hydrogens (tertiary/aromatic N) is 2. The summed E-state index contributed by atoms with van der Waals surface area (Å²) >= 11 is 0. The third-order valence-corrected chi connectivity index (χ3v) is 3.66. The third-order valence-electron chi connectivity index (χ3n) is 3.66. The number of anilines is 1. The average Bonchev–Trinajstić information content (AvgIpc) is 2.57. The molecule has 0 amide bonds. The van der Waals surface area contributed by atoms with Crippen LogP contribution in [0.25, 0.3) is 0 Å². The fourth-order valence-electron chi connectivity index (χ4n) is 2.44. The Kier molecular flexibility index (Phi) is 5.84. The predicted octanol–water partition coefficient (Wildman–Crippen LogP) is 4.60. The molecular formula is C19H22N2. The second kappa shape index (κ2) is 8.11. The first kappa shape index (κ1) is 15.1. The van der Waals surface area contributed by atoms with Gasteiger partial charge in [0.2, 0.25) is 0 Å². The largest absolute Gasteiger partial charge is 0.370 e. The van der Waals surface area contributed by atoms with Crippen LogP contribution in [0.5, 0.6) is 0 Å². The summed E-state index contributed by atoms with van der Waals surface area (Å²) in [4.78, 5) is 2.32. The van der Waals surface area contributed by atoms with Crippen LogP contribution in [-0.2, 0) is 0 Å². The van der Waals surface area contributed by atoms with Crippen molar-refractivity contribution >= 4 is 5.69 Å². The predicted molar refractivity (Wildman–Crippen MR) is 88.4 cm³/mol. The van der Waals surface area contributed by atoms with E-state index in [0.29, 0.717) is 0 Å². The SMILES string of the molecule is CCCCN(CC(C#N)c1ccccc1)c1ccccc1. The van der Waals surface area contributed by atoms with Crippen LogP contribution < -0.4 is 4.90 Å². The molecule has 2 nitrogen and oxygen atoms in total. The number of nitriles is 1. The zero-order valence-corrected chi connectivity index (χ0v) is 12.6. The molecule has 2 aromatic carbocycles. The van der Waals surface area contributed by atoms with Crippen molar-refractivity contribution in [3.8, 4) is 6.07 Å². The second-order valence-corrected chi connectivity index (χ2v) is 5.23. The van der Waals surface area contributed by atoms with E-state index in [-0.39, 0.29) is 5.92 Å². The van der Waals surface area contributed by atoms with E-state index in [1.54, 1.807) is 0 Å². The van der Waals surface area contributed by atoms with Crippen molar-refractivity contribution in [1.82, 2.24) is 0 Å². The first-order valence-corrected chi connectivity index (χ1v) is 7.59. The van der Waals surface area contributed by atoms with Gasteiger partial charge < -0.3 is 4.90 Å².